The number of hydrogen-bond acceptors (Lipinski definition) is 6. The molecule has 6 nitrogen and oxygen atoms in total. The smallest absolute Gasteiger partial charge is 0.310 e. The molecule has 2 aromatic rings. The molecule has 1 fully saturated rings. The molecule has 1 saturated carbocycles. The second-order valence-electron chi connectivity index (χ2n) is 4.76. The molecule has 1 aromatic heterocycles. The Bertz CT molecular complexity index is 696. The van der Waals surface area contributed by atoms with E-state index in [1.54, 1.807) is 36.7 Å². The van der Waals surface area contributed by atoms with Crippen LogP contribution in [0.5, 0.6) is 5.75 Å². The van der Waals surface area contributed by atoms with Gasteiger partial charge in [0.15, 0.2) is 5.16 Å². The molecule has 0 amide bonds. The van der Waals surface area contributed by atoms with Gasteiger partial charge >= 0.3 is 10.1 Å². The number of nitrogens with zero attached hydrogens (tertiary/aromatic N) is 3. The molecule has 1 heterocycles. The molecule has 0 radical (unpaired) electrons. The van der Waals surface area contributed by atoms with Gasteiger partial charge in [0.05, 0.1) is 5.75 Å². The molecular weight excluding hydrogens is 310 g/mol. The van der Waals surface area contributed by atoms with Crippen LogP contribution in [0.4, 0.5) is 0 Å². The lowest BCUT2D eigenvalue weighted by Crippen LogP contribution is -2.15. The highest BCUT2D eigenvalue weighted by atomic mass is 32.2. The summed E-state index contributed by atoms with van der Waals surface area (Å²) >= 11 is 1.39. The topological polar surface area (TPSA) is 74.1 Å². The highest BCUT2D eigenvalue weighted by molar-refractivity contribution is 8.00. The van der Waals surface area contributed by atoms with E-state index in [0.29, 0.717) is 17.5 Å². The largest absolute Gasteiger partial charge is 0.382 e. The molecule has 1 aliphatic rings. The molecule has 0 saturated heterocycles. The van der Waals surface area contributed by atoms with Crippen LogP contribution in [0.15, 0.2) is 41.8 Å². The quantitative estimate of drug-likeness (QED) is 0.573. The summed E-state index contributed by atoms with van der Waals surface area (Å²) in [6, 6.07) is 9.00. The fourth-order valence-electron chi connectivity index (χ4n) is 1.84. The van der Waals surface area contributed by atoms with E-state index in [9.17, 15) is 8.42 Å². The molecule has 0 spiro atoms. The van der Waals surface area contributed by atoms with E-state index in [4.69, 9.17) is 4.18 Å². The van der Waals surface area contributed by atoms with Gasteiger partial charge in [-0.1, -0.05) is 30.0 Å². The van der Waals surface area contributed by atoms with E-state index in [-0.39, 0.29) is 5.75 Å². The van der Waals surface area contributed by atoms with Crippen molar-refractivity contribution in [3.63, 3.8) is 0 Å². The normalized spacial score (nSPS) is 15.0. The van der Waals surface area contributed by atoms with Gasteiger partial charge in [-0.25, -0.2) is 0 Å². The lowest BCUT2D eigenvalue weighted by molar-refractivity contribution is 0.488. The molecular formula is C13H15N3O3S2. The van der Waals surface area contributed by atoms with E-state index in [1.807, 2.05) is 4.57 Å². The van der Waals surface area contributed by atoms with Crippen molar-refractivity contribution in [2.24, 2.45) is 0 Å². The third-order valence-electron chi connectivity index (χ3n) is 3.01. The van der Waals surface area contributed by atoms with Crippen molar-refractivity contribution in [2.75, 3.05) is 11.5 Å². The van der Waals surface area contributed by atoms with Crippen LogP contribution in [0.1, 0.15) is 18.9 Å². The summed E-state index contributed by atoms with van der Waals surface area (Å²) in [4.78, 5) is 0. The Hall–Kier alpha value is -1.54. The predicted molar refractivity (Wildman–Crippen MR) is 79.9 cm³/mol. The van der Waals surface area contributed by atoms with Crippen molar-refractivity contribution in [3.05, 3.63) is 36.7 Å². The fourth-order valence-corrected chi connectivity index (χ4v) is 4.11. The number of benzene rings is 1. The molecule has 0 unspecified atom stereocenters. The first kappa shape index (κ1) is 14.4. The standard InChI is InChI=1S/C13H15N3O3S2/c17-21(18,19-12-4-2-1-3-5-12)9-8-20-13-15-14-10-16(13)11-6-7-11/h1-5,10-11H,6-9H2. The zero-order valence-electron chi connectivity index (χ0n) is 11.3. The number of aromatic nitrogens is 3. The maximum absolute atomic E-state index is 11.9. The maximum atomic E-state index is 11.9. The van der Waals surface area contributed by atoms with Gasteiger partial charge in [-0.15, -0.1) is 10.2 Å². The van der Waals surface area contributed by atoms with Gasteiger partial charge in [-0.2, -0.15) is 8.42 Å². The Kier molecular flexibility index (Phi) is 4.16. The van der Waals surface area contributed by atoms with Gasteiger partial charge in [0.25, 0.3) is 0 Å². The minimum absolute atomic E-state index is 0.0654. The second kappa shape index (κ2) is 6.07. The van der Waals surface area contributed by atoms with E-state index in [0.717, 1.165) is 18.0 Å². The van der Waals surface area contributed by atoms with Crippen molar-refractivity contribution in [1.29, 1.82) is 0 Å². The summed E-state index contributed by atoms with van der Waals surface area (Å²) in [5.74, 6) is 0.661. The third-order valence-corrected chi connectivity index (χ3v) is 5.38. The Morgan fingerprint density at radius 3 is 2.76 bits per heavy atom. The van der Waals surface area contributed by atoms with Gasteiger partial charge in [0.1, 0.15) is 12.1 Å². The van der Waals surface area contributed by atoms with Crippen molar-refractivity contribution >= 4 is 21.9 Å². The molecule has 0 N–H and O–H groups in total. The third kappa shape index (κ3) is 3.98. The first-order valence-corrected chi connectivity index (χ1v) is 9.20. The highest BCUT2D eigenvalue weighted by Gasteiger charge is 2.26. The number of thioether (sulfide) groups is 1. The number of para-hydroxylation sites is 1. The van der Waals surface area contributed by atoms with Gasteiger partial charge in [0, 0.05) is 11.8 Å². The molecule has 0 aliphatic heterocycles. The van der Waals surface area contributed by atoms with Gasteiger partial charge in [0.2, 0.25) is 0 Å². The van der Waals surface area contributed by atoms with E-state index >= 15 is 0 Å². The molecule has 0 atom stereocenters. The van der Waals surface area contributed by atoms with Crippen LogP contribution in [-0.2, 0) is 10.1 Å². The van der Waals surface area contributed by atoms with E-state index < -0.39 is 10.1 Å². The van der Waals surface area contributed by atoms with Crippen molar-refractivity contribution in [3.8, 4) is 5.75 Å². The molecule has 1 aromatic carbocycles. The minimum atomic E-state index is -3.58. The first-order valence-electron chi connectivity index (χ1n) is 6.63. The summed E-state index contributed by atoms with van der Waals surface area (Å²) in [6.07, 6.45) is 3.98. The van der Waals surface area contributed by atoms with Crippen molar-refractivity contribution in [1.82, 2.24) is 14.8 Å². The monoisotopic (exact) mass is 325 g/mol. The second-order valence-corrected chi connectivity index (χ2v) is 7.51. The lowest BCUT2D eigenvalue weighted by atomic mass is 10.3. The first-order chi connectivity index (χ1) is 10.1. The Morgan fingerprint density at radius 2 is 2.05 bits per heavy atom. The minimum Gasteiger partial charge on any atom is -0.382 e. The van der Waals surface area contributed by atoms with Crippen LogP contribution in [0.2, 0.25) is 0 Å². The zero-order valence-corrected chi connectivity index (χ0v) is 12.9. The zero-order chi connectivity index (χ0) is 14.7. The SMILES string of the molecule is O=S(=O)(CCSc1nncn1C1CC1)Oc1ccccc1. The summed E-state index contributed by atoms with van der Waals surface area (Å²) in [5, 5.41) is 8.67. The average molecular weight is 325 g/mol. The average Bonchev–Trinajstić information content (AvgIpc) is 3.19. The van der Waals surface area contributed by atoms with Crippen LogP contribution in [0, 0.1) is 0 Å². The molecule has 3 rings (SSSR count). The fraction of sp³-hybridized carbons (Fsp3) is 0.385. The lowest BCUT2D eigenvalue weighted by Gasteiger charge is -2.07. The van der Waals surface area contributed by atoms with Gasteiger partial charge in [-0.3, -0.25) is 0 Å². The Balaban J connectivity index is 1.53. The maximum Gasteiger partial charge on any atom is 0.310 e. The Labute approximate surface area is 127 Å². The molecule has 8 heteroatoms. The summed E-state index contributed by atoms with van der Waals surface area (Å²) in [6.45, 7) is 0. The number of rotatable bonds is 7. The summed E-state index contributed by atoms with van der Waals surface area (Å²) in [5.41, 5.74) is 0. The summed E-state index contributed by atoms with van der Waals surface area (Å²) < 4.78 is 30.8. The molecule has 21 heavy (non-hydrogen) atoms. The van der Waals surface area contributed by atoms with Crippen LogP contribution < -0.4 is 4.18 Å². The van der Waals surface area contributed by atoms with Crippen LogP contribution >= 0.6 is 11.8 Å². The van der Waals surface area contributed by atoms with E-state index in [1.165, 1.54) is 11.8 Å². The van der Waals surface area contributed by atoms with Crippen LogP contribution in [0.3, 0.4) is 0 Å². The number of hydrogen-bond donors (Lipinski definition) is 0. The van der Waals surface area contributed by atoms with Crippen LogP contribution in [-0.4, -0.2) is 34.7 Å². The Morgan fingerprint density at radius 1 is 1.29 bits per heavy atom. The van der Waals surface area contributed by atoms with Gasteiger partial charge in [-0.05, 0) is 25.0 Å². The van der Waals surface area contributed by atoms with Crippen molar-refractivity contribution < 1.29 is 12.6 Å². The summed E-state index contributed by atoms with van der Waals surface area (Å²) in [7, 11) is -3.58. The predicted octanol–water partition coefficient (Wildman–Crippen LogP) is 2.11. The molecule has 1 aliphatic carbocycles. The van der Waals surface area contributed by atoms with Crippen LogP contribution in [0.25, 0.3) is 0 Å². The molecule has 112 valence electrons. The van der Waals surface area contributed by atoms with E-state index in [2.05, 4.69) is 10.2 Å². The van der Waals surface area contributed by atoms with Crippen molar-refractivity contribution in [2.45, 2.75) is 24.0 Å². The molecule has 0 bridgehead atoms. The highest BCUT2D eigenvalue weighted by Crippen LogP contribution is 2.37. The van der Waals surface area contributed by atoms with Gasteiger partial charge < -0.3 is 8.75 Å².